The molecule has 0 radical (unpaired) electrons. The Morgan fingerprint density at radius 1 is 0.909 bits per heavy atom. The minimum absolute atomic E-state index is 0. The molecule has 0 aliphatic carbocycles. The van der Waals surface area contributed by atoms with Crippen LogP contribution >= 0.6 is 12.4 Å². The van der Waals surface area contributed by atoms with Crippen LogP contribution in [0.1, 0.15) is 0 Å². The number of hydrogen-bond acceptors (Lipinski definition) is 4. The van der Waals surface area contributed by atoms with Crippen molar-refractivity contribution in [3.8, 4) is 0 Å². The normalized spacial score (nSPS) is 4.36. The summed E-state index contributed by atoms with van der Waals surface area (Å²) < 4.78 is 0. The van der Waals surface area contributed by atoms with Crippen LogP contribution < -0.4 is 0 Å². The molecular weight excluding hydrogens is 240 g/mol. The van der Waals surface area contributed by atoms with E-state index in [0.29, 0.717) is 0 Å². The van der Waals surface area contributed by atoms with E-state index in [9.17, 15) is 0 Å². The van der Waals surface area contributed by atoms with Crippen molar-refractivity contribution in [1.29, 1.82) is 0 Å². The van der Waals surface area contributed by atoms with Gasteiger partial charge in [0.15, 0.2) is 0 Å². The van der Waals surface area contributed by atoms with Gasteiger partial charge in [0.1, 0.15) is 0 Å². The Morgan fingerprint density at radius 3 is 0.909 bits per heavy atom. The van der Waals surface area contributed by atoms with Crippen LogP contribution in [0.3, 0.4) is 0 Å². The molecule has 8 nitrogen and oxygen atoms in total. The molecule has 11 heteroatoms. The Balaban J connectivity index is -0.0000000171. The second-order valence-corrected chi connectivity index (χ2v) is 0.476. The molecule has 0 unspecified atom stereocenters. The molecule has 0 spiro atoms. The van der Waals surface area contributed by atoms with Gasteiger partial charge in [0.05, 0.1) is 0 Å². The fourth-order valence-electron chi connectivity index (χ4n) is 0. The van der Waals surface area contributed by atoms with Crippen molar-refractivity contribution in [3.63, 3.8) is 0 Å². The Kier molecular flexibility index (Phi) is 60.3. The quantitative estimate of drug-likeness (QED) is 0.286. The first-order valence-electron chi connectivity index (χ1n) is 1.13. The maximum atomic E-state index is 8.36. The van der Waals surface area contributed by atoms with E-state index >= 15 is 0 Å². The van der Waals surface area contributed by atoms with E-state index in [1.807, 2.05) is 0 Å². The van der Waals surface area contributed by atoms with E-state index in [1.54, 1.807) is 0 Å². The number of nitrogens with zero attached hydrogens (tertiary/aromatic N) is 2. The molecule has 0 heterocycles. The summed E-state index contributed by atoms with van der Waals surface area (Å²) in [6.45, 7) is 0. The summed E-state index contributed by atoms with van der Waals surface area (Å²) >= 11 is 0. The molecule has 0 bridgehead atoms. The van der Waals surface area contributed by atoms with Gasteiger partial charge in [0, 0.05) is 0 Å². The average molecular weight is 247 g/mol. The molecular formula is H7Ca2ClN2O6. The van der Waals surface area contributed by atoms with Crippen LogP contribution in [0, 0.1) is 20.2 Å². The van der Waals surface area contributed by atoms with Crippen molar-refractivity contribution in [2.45, 2.75) is 0 Å². The van der Waals surface area contributed by atoms with Crippen LogP contribution in [0.4, 0.5) is 0 Å². The van der Waals surface area contributed by atoms with E-state index in [2.05, 4.69) is 0 Å². The van der Waals surface area contributed by atoms with Gasteiger partial charge in [-0.05, 0) is 0 Å². The SMILES string of the molecule is Cl.O=[N+]([O-])O.O=[N+]([O-])O.[CaH2].[CaH2]. The molecule has 0 aliphatic rings. The fraction of sp³-hybridized carbons (Fsp3) is 0. The van der Waals surface area contributed by atoms with E-state index < -0.39 is 10.2 Å². The van der Waals surface area contributed by atoms with Gasteiger partial charge in [0.2, 0.25) is 0 Å². The molecule has 0 fully saturated rings. The predicted molar refractivity (Wildman–Crippen MR) is 41.9 cm³/mol. The summed E-state index contributed by atoms with van der Waals surface area (Å²) in [7, 11) is 0. The van der Waals surface area contributed by atoms with Gasteiger partial charge in [-0.2, -0.15) is 0 Å². The van der Waals surface area contributed by atoms with Gasteiger partial charge in [-0.25, -0.2) is 0 Å². The third kappa shape index (κ3) is 650. The third-order valence-electron chi connectivity index (χ3n) is 0. The summed E-state index contributed by atoms with van der Waals surface area (Å²) in [6.07, 6.45) is 0. The molecule has 2 N–H and O–H groups in total. The maximum absolute atomic E-state index is 8.36. The molecule has 0 atom stereocenters. The molecule has 0 amide bonds. The van der Waals surface area contributed by atoms with Gasteiger partial charge in [-0.3, -0.25) is 0 Å². The fourth-order valence-corrected chi connectivity index (χ4v) is 0. The van der Waals surface area contributed by atoms with E-state index in [-0.39, 0.29) is 87.9 Å². The van der Waals surface area contributed by atoms with Crippen LogP contribution in [0.2, 0.25) is 0 Å². The van der Waals surface area contributed by atoms with Crippen molar-refractivity contribution in [2.24, 2.45) is 0 Å². The van der Waals surface area contributed by atoms with Crippen LogP contribution in [-0.4, -0.2) is 96.1 Å². The van der Waals surface area contributed by atoms with Crippen LogP contribution in [-0.2, 0) is 0 Å². The predicted octanol–water partition coefficient (Wildman–Crippen LogP) is -2.11. The van der Waals surface area contributed by atoms with Gasteiger partial charge < -0.3 is 10.4 Å². The zero-order valence-electron chi connectivity index (χ0n) is 3.83. The van der Waals surface area contributed by atoms with Crippen LogP contribution in [0.15, 0.2) is 0 Å². The van der Waals surface area contributed by atoms with Gasteiger partial charge >= 0.3 is 75.5 Å². The molecule has 0 aliphatic heterocycles. The van der Waals surface area contributed by atoms with E-state index in [4.69, 9.17) is 30.6 Å². The zero-order chi connectivity index (χ0) is 7.15. The van der Waals surface area contributed by atoms with Crippen molar-refractivity contribution in [1.82, 2.24) is 0 Å². The average Bonchev–Trinajstić information content (AvgIpc) is 1.25. The van der Waals surface area contributed by atoms with Crippen LogP contribution in [0.5, 0.6) is 0 Å². The van der Waals surface area contributed by atoms with E-state index in [1.165, 1.54) is 0 Å². The molecule has 0 aromatic carbocycles. The first kappa shape index (κ1) is 29.5. The Bertz CT molecular complexity index is 76.6. The second kappa shape index (κ2) is 22.5. The van der Waals surface area contributed by atoms with Gasteiger partial charge in [-0.1, -0.05) is 0 Å². The second-order valence-electron chi connectivity index (χ2n) is 0.476. The third-order valence-corrected chi connectivity index (χ3v) is 0. The number of halogens is 1. The Labute approximate surface area is 127 Å². The van der Waals surface area contributed by atoms with Gasteiger partial charge in [0.25, 0.3) is 10.2 Å². The van der Waals surface area contributed by atoms with Crippen molar-refractivity contribution in [3.05, 3.63) is 20.2 Å². The summed E-state index contributed by atoms with van der Waals surface area (Å²) in [5.41, 5.74) is 0. The molecule has 0 saturated heterocycles. The molecule has 0 aromatic rings. The Morgan fingerprint density at radius 2 is 0.909 bits per heavy atom. The number of hydrogen-bond donors (Lipinski definition) is 2. The summed E-state index contributed by atoms with van der Waals surface area (Å²) in [6, 6.07) is 0. The molecule has 0 saturated carbocycles. The minimum atomic E-state index is -1.50. The molecule has 64 valence electrons. The molecule has 11 heavy (non-hydrogen) atoms. The summed E-state index contributed by atoms with van der Waals surface area (Å²) in [4.78, 5) is 16.7. The van der Waals surface area contributed by atoms with Crippen molar-refractivity contribution >= 4 is 87.9 Å². The van der Waals surface area contributed by atoms with E-state index in [0.717, 1.165) is 0 Å². The van der Waals surface area contributed by atoms with Gasteiger partial charge in [-0.15, -0.1) is 32.6 Å². The standard InChI is InChI=1S/2Ca.ClH.2HNO3.4H/c;;;2*2-1(3)4;;;;/h;;1H;2*(H,2,3,4);;;;. The summed E-state index contributed by atoms with van der Waals surface area (Å²) in [5, 5.41) is 27.3. The topological polar surface area (TPSA) is 127 Å². The van der Waals surface area contributed by atoms with Crippen LogP contribution in [0.25, 0.3) is 0 Å². The monoisotopic (exact) mass is 246 g/mol. The Hall–Kier alpha value is 1.21. The van der Waals surface area contributed by atoms with Crippen molar-refractivity contribution < 1.29 is 20.6 Å². The summed E-state index contributed by atoms with van der Waals surface area (Å²) in [5.74, 6) is 0. The zero-order valence-corrected chi connectivity index (χ0v) is 4.65. The first-order chi connectivity index (χ1) is 3.46. The molecule has 0 rings (SSSR count). The number of rotatable bonds is 0. The first-order valence-corrected chi connectivity index (χ1v) is 1.13. The van der Waals surface area contributed by atoms with Crippen molar-refractivity contribution in [2.75, 3.05) is 0 Å². The molecule has 0 aromatic heterocycles.